The number of aromatic nitrogens is 2. The third-order valence-corrected chi connectivity index (χ3v) is 23.3. The number of nitrogens with one attached hydrogen (secondary N) is 3. The predicted molar refractivity (Wildman–Crippen MR) is 373 cm³/mol. The molecular formula is C69H104N15O15P. The third kappa shape index (κ3) is 16.3. The van der Waals surface area contributed by atoms with Crippen molar-refractivity contribution in [1.29, 1.82) is 0 Å². The maximum absolute atomic E-state index is 14.6. The number of aliphatic imine (C=N–C) groups is 3. The first-order chi connectivity index (χ1) is 46.7. The topological polar surface area (TPSA) is 504 Å². The van der Waals surface area contributed by atoms with E-state index >= 15 is 0 Å². The van der Waals surface area contributed by atoms with Gasteiger partial charge in [0.25, 0.3) is 0 Å². The Morgan fingerprint density at radius 3 is 2.01 bits per heavy atom. The largest absolute Gasteiger partial charge is 0.472 e. The van der Waals surface area contributed by atoms with Gasteiger partial charge in [0, 0.05) is 138 Å². The number of unbranched alkanes of at least 4 members (excludes halogenated alkanes) is 3. The van der Waals surface area contributed by atoms with E-state index in [9.17, 15) is 52.9 Å². The molecule has 6 aliphatic heterocycles. The molecule has 0 aliphatic carbocycles. The van der Waals surface area contributed by atoms with Crippen LogP contribution in [0, 0.1) is 59.2 Å². The molecule has 2 fully saturated rings. The van der Waals surface area contributed by atoms with Crippen molar-refractivity contribution < 1.29 is 71.4 Å². The van der Waals surface area contributed by atoms with Crippen molar-refractivity contribution in [2.24, 2.45) is 100 Å². The van der Waals surface area contributed by atoms with Crippen LogP contribution < -0.4 is 56.1 Å². The maximum Gasteiger partial charge on any atom is 0.472 e. The molecule has 6 aliphatic rings. The van der Waals surface area contributed by atoms with Gasteiger partial charge < -0.3 is 80.1 Å². The molecule has 30 nitrogen and oxygen atoms in total. The Morgan fingerprint density at radius 2 is 1.39 bits per heavy atom. The summed E-state index contributed by atoms with van der Waals surface area (Å²) >= 11 is 0. The number of aliphatic hydroxyl groups excluding tert-OH is 1. The number of allylic oxidation sites excluding steroid dienone is 6. The molecule has 1 aromatic carbocycles. The molecule has 0 spiro atoms. The summed E-state index contributed by atoms with van der Waals surface area (Å²) in [5, 5.41) is 21.1. The smallest absolute Gasteiger partial charge is 0.447 e. The van der Waals surface area contributed by atoms with Crippen LogP contribution in [0.1, 0.15) is 176 Å². The fraction of sp³-hybridized carbons (Fsp3) is 0.652. The van der Waals surface area contributed by atoms with Crippen LogP contribution in [0.25, 0.3) is 11.0 Å². The van der Waals surface area contributed by atoms with Crippen LogP contribution in [0.3, 0.4) is 0 Å². The number of hydrogen-bond acceptors (Lipinski definition) is 20. The van der Waals surface area contributed by atoms with Crippen molar-refractivity contribution in [3.63, 3.8) is 0 Å². The molecular weight excluding hydrogens is 1310 g/mol. The number of aliphatic hydroxyl groups is 1. The van der Waals surface area contributed by atoms with E-state index in [1.165, 1.54) is 13.3 Å². The quantitative estimate of drug-likeness (QED) is 0.0348. The van der Waals surface area contributed by atoms with E-state index in [0.717, 1.165) is 30.4 Å². The summed E-state index contributed by atoms with van der Waals surface area (Å²) in [6.07, 6.45) is -2.26. The summed E-state index contributed by atoms with van der Waals surface area (Å²) in [5.41, 5.74) is 42.9. The lowest BCUT2D eigenvalue weighted by molar-refractivity contribution is -0.124. The average Bonchev–Trinajstić information content (AvgIpc) is 1.53. The number of carbonyl (C=O) groups excluding carboxylic acids is 8. The predicted octanol–water partition coefficient (Wildman–Crippen LogP) is 4.42. The standard InChI is InChI=1S/C69H104N15O15P/c1-35-26-45-46(27-36(35)2)84(34-79-45)63-58(92)59(47(97-63)33-96-64(93)77-25-15-13-12-14-24-70)99-100(94,95)98-37(3)32-78-55(91)22-23-66(8)43(28-52(74)88)62-69(11)68(10,31-54(76)90)42(18-21-51(73)87)57(83-69)39(5)61-67(9,30-53(75)89)40(16-19-49(71)85)44(80-61)29-48-65(6,7)41(17-20-50(72)86)56(81-48)38(4)60(66)82-62/h26-27,29,34,37,40-43,47,58-59,62-63,80,92H,12-25,28,30-33,70H2,1-11H3,(H2,71,85)(H2,72,86)(H2,73,87)(H2,74,88)(H2,75,89)(H2,76,90)(H,77,93)(H,78,91)(H,94,95)/b44-29-,56-38-,61-39?/t37-,40-,41-,42-,43+,47-,58-,59-,62-,63+,66-,67+,68+,69+/m1/s1. The van der Waals surface area contributed by atoms with Gasteiger partial charge in [-0.1, -0.05) is 47.5 Å². The Labute approximate surface area is 583 Å². The van der Waals surface area contributed by atoms with Gasteiger partial charge in [-0.25, -0.2) is 14.3 Å². The number of phosphoric acid groups is 1. The van der Waals surface area contributed by atoms with Crippen molar-refractivity contribution in [2.75, 3.05) is 26.2 Å². The van der Waals surface area contributed by atoms with Crippen LogP contribution in [-0.4, -0.2) is 146 Å². The van der Waals surface area contributed by atoms with Gasteiger partial charge in [-0.3, -0.25) is 57.6 Å². The number of hydrogen-bond donors (Lipinski definition) is 12. The fourth-order valence-electron chi connectivity index (χ4n) is 16.5. The van der Waals surface area contributed by atoms with Gasteiger partial charge in [-0.05, 0) is 127 Å². The highest BCUT2D eigenvalue weighted by Gasteiger charge is 2.66. The summed E-state index contributed by atoms with van der Waals surface area (Å²) in [6, 6.07) is 2.67. The second-order valence-corrected chi connectivity index (χ2v) is 31.0. The molecule has 100 heavy (non-hydrogen) atoms. The van der Waals surface area contributed by atoms with Crippen LogP contribution in [-0.2, 0) is 56.6 Å². The first-order valence-electron chi connectivity index (χ1n) is 34.5. The van der Waals surface area contributed by atoms with Crippen molar-refractivity contribution in [3.8, 4) is 0 Å². The third-order valence-electron chi connectivity index (χ3n) is 22.2. The van der Waals surface area contributed by atoms with Gasteiger partial charge in [-0.15, -0.1) is 0 Å². The number of phosphoric ester groups is 1. The fourth-order valence-corrected chi connectivity index (χ4v) is 17.6. The van der Waals surface area contributed by atoms with Crippen LogP contribution in [0.2, 0.25) is 0 Å². The summed E-state index contributed by atoms with van der Waals surface area (Å²) in [6.45, 7) is 20.2. The molecule has 2 saturated heterocycles. The van der Waals surface area contributed by atoms with E-state index in [1.54, 1.807) is 4.57 Å². The monoisotopic (exact) mass is 1410 g/mol. The summed E-state index contributed by atoms with van der Waals surface area (Å²) in [7, 11) is -5.19. The van der Waals surface area contributed by atoms with Crippen molar-refractivity contribution in [3.05, 3.63) is 63.9 Å². The van der Waals surface area contributed by atoms with Crippen LogP contribution in [0.15, 0.2) is 67.8 Å². The molecule has 7 heterocycles. The minimum absolute atomic E-state index is 0.0315. The molecule has 0 saturated carbocycles. The highest BCUT2D eigenvalue weighted by Crippen LogP contribution is 2.63. The van der Waals surface area contributed by atoms with Crippen molar-refractivity contribution in [2.45, 2.75) is 215 Å². The molecule has 8 rings (SSSR count). The zero-order valence-corrected chi connectivity index (χ0v) is 60.3. The Bertz CT molecular complexity index is 3800. The van der Waals surface area contributed by atoms with Crippen molar-refractivity contribution in [1.82, 2.24) is 25.5 Å². The molecule has 550 valence electrons. The van der Waals surface area contributed by atoms with Gasteiger partial charge >= 0.3 is 13.9 Å². The molecule has 8 bridgehead atoms. The van der Waals surface area contributed by atoms with Crippen LogP contribution in [0.5, 0.6) is 0 Å². The number of nitrogens with two attached hydrogens (primary N) is 7. The molecule has 2 aromatic rings. The lowest BCUT2D eigenvalue weighted by atomic mass is 9.55. The molecule has 15 atom stereocenters. The van der Waals surface area contributed by atoms with Gasteiger partial charge in [0.1, 0.15) is 24.9 Å². The SMILES string of the molecule is CC1=C2N/C(=C\C3=NC(=C(/C)C4=N[C@H]([C@H](CC(N)=O)[C@@]4(C)CCC(=O)NC[C@@H](C)OP(=O)(O)O[C@H]4[C@@H](O)[C@@H](n5cnc6cc(C)c(C)cc65)O[C@@H]4COC(=O)NCCCCCCN)[C@]4(C)N=C1[C@@H](CCC(N)=O)[C@]4(C)CC(N)=O)/[C@@H](CCC(N)=O)C3(C)C)[C@@H](CCC(N)=O)[C@]2(C)CC(N)=O. The van der Waals surface area contributed by atoms with E-state index in [0.29, 0.717) is 75.9 Å². The number of aryl methyl sites for hydroxylation is 2. The minimum atomic E-state index is -5.19. The van der Waals surface area contributed by atoms with E-state index in [-0.39, 0.29) is 77.2 Å². The average molecular weight is 1410 g/mol. The van der Waals surface area contributed by atoms with Gasteiger partial charge in [-0.2, -0.15) is 0 Å². The molecule has 19 N–H and O–H groups in total. The lowest BCUT2D eigenvalue weighted by Crippen LogP contribution is -2.56. The second-order valence-electron chi connectivity index (χ2n) is 29.6. The van der Waals surface area contributed by atoms with E-state index in [2.05, 4.69) is 20.9 Å². The first kappa shape index (κ1) is 78.0. The van der Waals surface area contributed by atoms with Crippen LogP contribution in [0.4, 0.5) is 4.79 Å². The Kier molecular flexibility index (Phi) is 24.1. The summed E-state index contributed by atoms with van der Waals surface area (Å²) < 4.78 is 38.9. The van der Waals surface area contributed by atoms with Crippen molar-refractivity contribution >= 4 is 83.4 Å². The number of primary amides is 6. The number of rotatable bonds is 33. The van der Waals surface area contributed by atoms with Gasteiger partial charge in [0.15, 0.2) is 6.23 Å². The number of benzene rings is 1. The maximum atomic E-state index is 14.6. The number of alkyl carbamates (subject to hydrolysis) is 1. The Hall–Kier alpha value is -7.73. The normalized spacial score (nSPS) is 31.2. The number of imidazole rings is 1. The molecule has 31 heteroatoms. The Morgan fingerprint density at radius 1 is 0.770 bits per heavy atom. The van der Waals surface area contributed by atoms with Gasteiger partial charge in [0.05, 0.1) is 35.0 Å². The Balaban J connectivity index is 1.15. The second kappa shape index (κ2) is 30.8. The molecule has 8 amide bonds. The molecule has 0 radical (unpaired) electrons. The number of fused-ring (bicyclic) bond motifs is 7. The van der Waals surface area contributed by atoms with Crippen LogP contribution >= 0.6 is 7.82 Å². The number of nitrogens with zero attached hydrogens (tertiary/aromatic N) is 5. The van der Waals surface area contributed by atoms with E-state index in [4.69, 9.17) is 73.6 Å². The van der Waals surface area contributed by atoms with Gasteiger partial charge in [0.2, 0.25) is 41.4 Å². The summed E-state index contributed by atoms with van der Waals surface area (Å²) in [4.78, 5) is 140. The minimum Gasteiger partial charge on any atom is -0.447 e. The lowest BCUT2D eigenvalue weighted by Gasteiger charge is -2.48. The highest BCUT2D eigenvalue weighted by atomic mass is 31.2. The van der Waals surface area contributed by atoms with E-state index in [1.807, 2.05) is 87.4 Å². The zero-order valence-electron chi connectivity index (χ0n) is 59.4. The highest BCUT2D eigenvalue weighted by molar-refractivity contribution is 7.47. The first-order valence-corrected chi connectivity index (χ1v) is 36.0. The summed E-state index contributed by atoms with van der Waals surface area (Å²) in [5.74, 6) is -7.30. The van der Waals surface area contributed by atoms with E-state index < -0.39 is 149 Å². The number of ether oxygens (including phenoxy) is 2. The number of amides is 8. The number of carbonyl (C=O) groups is 8. The zero-order chi connectivity index (χ0) is 73.9. The molecule has 1 aromatic heterocycles. The molecule has 1 unspecified atom stereocenters.